The predicted octanol–water partition coefficient (Wildman–Crippen LogP) is 4.24. The fourth-order valence-electron chi connectivity index (χ4n) is 1.63. The second kappa shape index (κ2) is 6.12. The van der Waals surface area contributed by atoms with Gasteiger partial charge in [-0.15, -0.1) is 0 Å². The first kappa shape index (κ1) is 14.0. The maximum absolute atomic E-state index is 13.6. The first-order valence-electron chi connectivity index (χ1n) is 5.66. The summed E-state index contributed by atoms with van der Waals surface area (Å²) in [6.45, 7) is 0.569. The molecule has 0 amide bonds. The largest absolute Gasteiger partial charge is 0.454 e. The van der Waals surface area contributed by atoms with Crippen LogP contribution >= 0.6 is 15.9 Å². The Kier molecular flexibility index (Phi) is 4.50. The molecule has 0 radical (unpaired) electrons. The fraction of sp³-hybridized carbons (Fsp3) is 0.143. The minimum absolute atomic E-state index is 0.129. The minimum atomic E-state index is -0.600. The van der Waals surface area contributed by atoms with Crippen LogP contribution in [-0.4, -0.2) is 7.05 Å². The summed E-state index contributed by atoms with van der Waals surface area (Å²) < 4.78 is 32.9. The van der Waals surface area contributed by atoms with Crippen molar-refractivity contribution in [3.8, 4) is 11.5 Å². The highest BCUT2D eigenvalue weighted by atomic mass is 79.9. The van der Waals surface area contributed by atoms with Crippen LogP contribution < -0.4 is 10.1 Å². The van der Waals surface area contributed by atoms with Crippen LogP contribution in [0.3, 0.4) is 0 Å². The molecule has 0 unspecified atom stereocenters. The van der Waals surface area contributed by atoms with Gasteiger partial charge in [-0.2, -0.15) is 0 Å². The predicted molar refractivity (Wildman–Crippen MR) is 73.3 cm³/mol. The summed E-state index contributed by atoms with van der Waals surface area (Å²) >= 11 is 3.33. The van der Waals surface area contributed by atoms with E-state index in [0.29, 0.717) is 12.3 Å². The van der Waals surface area contributed by atoms with Crippen LogP contribution in [-0.2, 0) is 6.54 Å². The molecule has 0 atom stereocenters. The van der Waals surface area contributed by atoms with E-state index >= 15 is 0 Å². The quantitative estimate of drug-likeness (QED) is 0.906. The van der Waals surface area contributed by atoms with Crippen molar-refractivity contribution >= 4 is 15.9 Å². The van der Waals surface area contributed by atoms with Gasteiger partial charge in [0.05, 0.1) is 0 Å². The van der Waals surface area contributed by atoms with Gasteiger partial charge in [0, 0.05) is 22.6 Å². The van der Waals surface area contributed by atoms with Gasteiger partial charge >= 0.3 is 0 Å². The van der Waals surface area contributed by atoms with Gasteiger partial charge in [0.15, 0.2) is 11.6 Å². The zero-order valence-corrected chi connectivity index (χ0v) is 11.8. The number of hydrogen-bond donors (Lipinski definition) is 1. The molecule has 0 aromatic heterocycles. The molecule has 1 N–H and O–H groups in total. The monoisotopic (exact) mass is 327 g/mol. The Morgan fingerprint density at radius 3 is 2.63 bits per heavy atom. The van der Waals surface area contributed by atoms with Gasteiger partial charge in [0.2, 0.25) is 0 Å². The third-order valence-electron chi connectivity index (χ3n) is 2.51. The standard InChI is InChI=1S/C14H12BrF2NO/c1-18-8-9-2-3-10(15)6-13(9)19-14-7-11(16)4-5-12(14)17/h2-7,18H,8H2,1H3. The Labute approximate surface area is 118 Å². The van der Waals surface area contributed by atoms with Crippen LogP contribution in [0, 0.1) is 11.6 Å². The lowest BCUT2D eigenvalue weighted by Crippen LogP contribution is -2.06. The zero-order chi connectivity index (χ0) is 13.8. The molecule has 0 saturated heterocycles. The maximum atomic E-state index is 13.6. The van der Waals surface area contributed by atoms with Gasteiger partial charge in [0.1, 0.15) is 11.6 Å². The van der Waals surface area contributed by atoms with Crippen LogP contribution in [0.5, 0.6) is 11.5 Å². The summed E-state index contributed by atoms with van der Waals surface area (Å²) in [5.74, 6) is -0.790. The van der Waals surface area contributed by atoms with E-state index in [9.17, 15) is 8.78 Å². The number of ether oxygens (including phenoxy) is 1. The lowest BCUT2D eigenvalue weighted by atomic mass is 10.2. The summed E-state index contributed by atoms with van der Waals surface area (Å²) in [5, 5.41) is 2.99. The molecule has 0 aliphatic carbocycles. The third-order valence-corrected chi connectivity index (χ3v) is 3.00. The fourth-order valence-corrected chi connectivity index (χ4v) is 1.97. The van der Waals surface area contributed by atoms with E-state index in [1.165, 1.54) is 0 Å². The molecule has 5 heteroatoms. The number of nitrogens with one attached hydrogen (secondary N) is 1. The molecule has 2 aromatic carbocycles. The van der Waals surface area contributed by atoms with Crippen LogP contribution in [0.15, 0.2) is 40.9 Å². The average molecular weight is 328 g/mol. The summed E-state index contributed by atoms with van der Waals surface area (Å²) in [5.41, 5.74) is 0.856. The molecule has 0 aliphatic rings. The van der Waals surface area contributed by atoms with Crippen molar-refractivity contribution in [2.24, 2.45) is 0 Å². The van der Waals surface area contributed by atoms with Gasteiger partial charge < -0.3 is 10.1 Å². The molecule has 2 nitrogen and oxygen atoms in total. The summed E-state index contributed by atoms with van der Waals surface area (Å²) in [4.78, 5) is 0. The lowest BCUT2D eigenvalue weighted by Gasteiger charge is -2.12. The van der Waals surface area contributed by atoms with Gasteiger partial charge in [-0.3, -0.25) is 0 Å². The molecule has 0 fully saturated rings. The molecule has 0 spiro atoms. The molecule has 0 aliphatic heterocycles. The van der Waals surface area contributed by atoms with Crippen molar-refractivity contribution < 1.29 is 13.5 Å². The number of halogens is 3. The SMILES string of the molecule is CNCc1ccc(Br)cc1Oc1cc(F)ccc1F. The van der Waals surface area contributed by atoms with E-state index in [2.05, 4.69) is 21.2 Å². The Balaban J connectivity index is 2.36. The van der Waals surface area contributed by atoms with E-state index < -0.39 is 11.6 Å². The van der Waals surface area contributed by atoms with Crippen molar-refractivity contribution in [2.75, 3.05) is 7.05 Å². The highest BCUT2D eigenvalue weighted by Crippen LogP contribution is 2.30. The maximum Gasteiger partial charge on any atom is 0.165 e. The number of rotatable bonds is 4. The van der Waals surface area contributed by atoms with Gasteiger partial charge in [0.25, 0.3) is 0 Å². The Morgan fingerprint density at radius 2 is 1.89 bits per heavy atom. The third kappa shape index (κ3) is 3.52. The highest BCUT2D eigenvalue weighted by molar-refractivity contribution is 9.10. The summed E-state index contributed by atoms with van der Waals surface area (Å²) in [7, 11) is 1.80. The highest BCUT2D eigenvalue weighted by Gasteiger charge is 2.10. The lowest BCUT2D eigenvalue weighted by molar-refractivity contribution is 0.431. The Morgan fingerprint density at radius 1 is 1.11 bits per heavy atom. The first-order valence-corrected chi connectivity index (χ1v) is 6.45. The second-order valence-corrected chi connectivity index (χ2v) is 4.87. The molecule has 2 rings (SSSR count). The van der Waals surface area contributed by atoms with Crippen molar-refractivity contribution in [3.05, 3.63) is 58.1 Å². The zero-order valence-electron chi connectivity index (χ0n) is 10.2. The molecule has 100 valence electrons. The molecule has 0 heterocycles. The first-order chi connectivity index (χ1) is 9.10. The second-order valence-electron chi connectivity index (χ2n) is 3.96. The molecule has 0 saturated carbocycles. The Hall–Kier alpha value is -1.46. The van der Waals surface area contributed by atoms with Gasteiger partial charge in [-0.1, -0.05) is 22.0 Å². The Bertz CT molecular complexity index is 590. The van der Waals surface area contributed by atoms with Crippen LogP contribution in [0.4, 0.5) is 8.78 Å². The van der Waals surface area contributed by atoms with E-state index in [1.54, 1.807) is 13.1 Å². The van der Waals surface area contributed by atoms with Crippen molar-refractivity contribution in [1.29, 1.82) is 0 Å². The molecule has 0 bridgehead atoms. The smallest absolute Gasteiger partial charge is 0.165 e. The van der Waals surface area contributed by atoms with Crippen molar-refractivity contribution in [2.45, 2.75) is 6.54 Å². The van der Waals surface area contributed by atoms with Crippen molar-refractivity contribution in [3.63, 3.8) is 0 Å². The van der Waals surface area contributed by atoms with Crippen molar-refractivity contribution in [1.82, 2.24) is 5.32 Å². The number of hydrogen-bond acceptors (Lipinski definition) is 2. The number of benzene rings is 2. The van der Waals surface area contributed by atoms with Crippen LogP contribution in [0.1, 0.15) is 5.56 Å². The minimum Gasteiger partial charge on any atom is -0.454 e. The topological polar surface area (TPSA) is 21.3 Å². The van der Waals surface area contributed by atoms with E-state index in [-0.39, 0.29) is 5.75 Å². The molecular weight excluding hydrogens is 316 g/mol. The molecule has 19 heavy (non-hydrogen) atoms. The van der Waals surface area contributed by atoms with Gasteiger partial charge in [-0.25, -0.2) is 8.78 Å². The van der Waals surface area contributed by atoms with Crippen LogP contribution in [0.25, 0.3) is 0 Å². The molecule has 2 aromatic rings. The van der Waals surface area contributed by atoms with E-state index in [1.807, 2.05) is 12.1 Å². The molecular formula is C14H12BrF2NO. The average Bonchev–Trinajstić information content (AvgIpc) is 2.37. The summed E-state index contributed by atoms with van der Waals surface area (Å²) in [6, 6.07) is 8.56. The van der Waals surface area contributed by atoms with Crippen LogP contribution in [0.2, 0.25) is 0 Å². The summed E-state index contributed by atoms with van der Waals surface area (Å²) in [6.07, 6.45) is 0. The van der Waals surface area contributed by atoms with E-state index in [0.717, 1.165) is 28.2 Å². The van der Waals surface area contributed by atoms with E-state index in [4.69, 9.17) is 4.74 Å². The normalized spacial score (nSPS) is 10.5. The van der Waals surface area contributed by atoms with Gasteiger partial charge in [-0.05, 0) is 31.3 Å².